The second-order valence-corrected chi connectivity index (χ2v) is 5.67. The van der Waals surface area contributed by atoms with E-state index in [2.05, 4.69) is 35.7 Å². The third kappa shape index (κ3) is 5.33. The van der Waals surface area contributed by atoms with Crippen molar-refractivity contribution in [2.75, 3.05) is 13.1 Å². The summed E-state index contributed by atoms with van der Waals surface area (Å²) in [5.41, 5.74) is 7.90. The molecule has 0 saturated carbocycles. The molecule has 0 aliphatic carbocycles. The zero-order valence-corrected chi connectivity index (χ0v) is 12.8. The van der Waals surface area contributed by atoms with Crippen LogP contribution >= 0.6 is 0 Å². The van der Waals surface area contributed by atoms with Crippen LogP contribution in [0, 0.1) is 11.3 Å². The van der Waals surface area contributed by atoms with Crippen molar-refractivity contribution in [3.63, 3.8) is 0 Å². The third-order valence-electron chi connectivity index (χ3n) is 3.80. The molecule has 0 saturated heterocycles. The summed E-state index contributed by atoms with van der Waals surface area (Å²) >= 11 is 0. The summed E-state index contributed by atoms with van der Waals surface area (Å²) in [6.07, 6.45) is 2.43. The van der Waals surface area contributed by atoms with Crippen molar-refractivity contribution in [3.8, 4) is 6.07 Å². The highest BCUT2D eigenvalue weighted by Crippen LogP contribution is 2.11. The first-order valence-electron chi connectivity index (χ1n) is 7.70. The van der Waals surface area contributed by atoms with Gasteiger partial charge in [0.1, 0.15) is 5.54 Å². The maximum atomic E-state index is 9.36. The van der Waals surface area contributed by atoms with E-state index < -0.39 is 5.54 Å². The predicted octanol–water partition coefficient (Wildman–Crippen LogP) is 2.67. The average Bonchev–Trinajstić information content (AvgIpc) is 2.59. The van der Waals surface area contributed by atoms with Crippen LogP contribution in [0.25, 0.3) is 0 Å². The summed E-state index contributed by atoms with van der Waals surface area (Å²) in [7, 11) is 0. The van der Waals surface area contributed by atoms with Gasteiger partial charge in [-0.3, -0.25) is 0 Å². The van der Waals surface area contributed by atoms with Crippen LogP contribution in [0.1, 0.15) is 17.5 Å². The lowest BCUT2D eigenvalue weighted by molar-refractivity contribution is 0.457. The Morgan fingerprint density at radius 2 is 1.45 bits per heavy atom. The first-order valence-corrected chi connectivity index (χ1v) is 7.70. The number of nitriles is 1. The number of hydrogen-bond donors (Lipinski definition) is 2. The van der Waals surface area contributed by atoms with Crippen molar-refractivity contribution in [3.05, 3.63) is 71.8 Å². The maximum Gasteiger partial charge on any atom is 0.117 e. The molecule has 2 rings (SSSR count). The van der Waals surface area contributed by atoms with Crippen molar-refractivity contribution in [2.45, 2.75) is 24.8 Å². The number of nitrogens with one attached hydrogen (secondary N) is 1. The van der Waals surface area contributed by atoms with Crippen LogP contribution in [0.3, 0.4) is 0 Å². The Kier molecular flexibility index (Phi) is 6.14. The van der Waals surface area contributed by atoms with E-state index in [-0.39, 0.29) is 0 Å². The van der Waals surface area contributed by atoms with Gasteiger partial charge in [0.15, 0.2) is 0 Å². The second kappa shape index (κ2) is 8.33. The molecular weight excluding hydrogens is 270 g/mol. The molecule has 0 bridgehead atoms. The molecule has 0 aromatic heterocycles. The average molecular weight is 293 g/mol. The van der Waals surface area contributed by atoms with E-state index in [1.54, 1.807) is 0 Å². The van der Waals surface area contributed by atoms with E-state index in [0.29, 0.717) is 13.0 Å². The SMILES string of the molecule is N#CC(N)(CCc1ccccc1)CNCCc1ccccc1. The number of aryl methyl sites for hydroxylation is 1. The van der Waals surface area contributed by atoms with Gasteiger partial charge in [-0.25, -0.2) is 0 Å². The normalized spacial score (nSPS) is 13.3. The fourth-order valence-electron chi connectivity index (χ4n) is 2.38. The molecule has 22 heavy (non-hydrogen) atoms. The van der Waals surface area contributed by atoms with E-state index in [4.69, 9.17) is 5.73 Å². The van der Waals surface area contributed by atoms with Gasteiger partial charge in [0, 0.05) is 6.54 Å². The molecule has 3 heteroatoms. The first kappa shape index (κ1) is 16.2. The third-order valence-corrected chi connectivity index (χ3v) is 3.80. The molecular formula is C19H23N3. The monoisotopic (exact) mass is 293 g/mol. The number of benzene rings is 2. The second-order valence-electron chi connectivity index (χ2n) is 5.67. The quantitative estimate of drug-likeness (QED) is 0.736. The van der Waals surface area contributed by atoms with Crippen molar-refractivity contribution in [1.82, 2.24) is 5.32 Å². The van der Waals surface area contributed by atoms with Gasteiger partial charge in [-0.05, 0) is 36.9 Å². The van der Waals surface area contributed by atoms with E-state index in [9.17, 15) is 5.26 Å². The molecule has 2 aromatic carbocycles. The topological polar surface area (TPSA) is 61.8 Å². The minimum atomic E-state index is -0.813. The standard InChI is InChI=1S/C19H23N3/c20-15-19(21,13-11-17-7-3-1-4-8-17)16-22-14-12-18-9-5-2-6-10-18/h1-10,22H,11-14,16,21H2. The number of hydrogen-bond acceptors (Lipinski definition) is 3. The van der Waals surface area contributed by atoms with Crippen molar-refractivity contribution >= 4 is 0 Å². The molecule has 1 atom stereocenters. The van der Waals surface area contributed by atoms with Gasteiger partial charge < -0.3 is 11.1 Å². The van der Waals surface area contributed by atoms with Crippen molar-refractivity contribution in [1.29, 1.82) is 5.26 Å². The van der Waals surface area contributed by atoms with Crippen LogP contribution < -0.4 is 11.1 Å². The number of nitrogens with zero attached hydrogens (tertiary/aromatic N) is 1. The lowest BCUT2D eigenvalue weighted by Gasteiger charge is -2.22. The van der Waals surface area contributed by atoms with Gasteiger partial charge in [-0.2, -0.15) is 5.26 Å². The van der Waals surface area contributed by atoms with Crippen molar-refractivity contribution in [2.24, 2.45) is 5.73 Å². The minimum absolute atomic E-state index is 0.517. The Hall–Kier alpha value is -2.15. The summed E-state index contributed by atoms with van der Waals surface area (Å²) in [6, 6.07) is 22.7. The predicted molar refractivity (Wildman–Crippen MR) is 90.3 cm³/mol. The van der Waals surface area contributed by atoms with Gasteiger partial charge in [-0.1, -0.05) is 60.7 Å². The molecule has 2 aromatic rings. The van der Waals surface area contributed by atoms with E-state index in [1.165, 1.54) is 11.1 Å². The summed E-state index contributed by atoms with van der Waals surface area (Å²) in [5, 5.41) is 12.7. The summed E-state index contributed by atoms with van der Waals surface area (Å²) in [6.45, 7) is 1.35. The van der Waals surface area contributed by atoms with Crippen LogP contribution in [0.4, 0.5) is 0 Å². The molecule has 3 nitrogen and oxygen atoms in total. The molecule has 0 amide bonds. The summed E-state index contributed by atoms with van der Waals surface area (Å²) in [4.78, 5) is 0. The van der Waals surface area contributed by atoms with Crippen LogP contribution in [-0.4, -0.2) is 18.6 Å². The highest BCUT2D eigenvalue weighted by Gasteiger charge is 2.23. The smallest absolute Gasteiger partial charge is 0.117 e. The molecule has 1 unspecified atom stereocenters. The molecule has 0 aliphatic heterocycles. The molecule has 0 heterocycles. The number of rotatable bonds is 8. The summed E-state index contributed by atoms with van der Waals surface area (Å²) in [5.74, 6) is 0. The van der Waals surface area contributed by atoms with Crippen LogP contribution in [0.5, 0.6) is 0 Å². The fraction of sp³-hybridized carbons (Fsp3) is 0.316. The minimum Gasteiger partial charge on any atom is -0.313 e. The highest BCUT2D eigenvalue weighted by atomic mass is 14.9. The largest absolute Gasteiger partial charge is 0.313 e. The Morgan fingerprint density at radius 3 is 2.00 bits per heavy atom. The lowest BCUT2D eigenvalue weighted by Crippen LogP contribution is -2.48. The van der Waals surface area contributed by atoms with Crippen LogP contribution in [0.15, 0.2) is 60.7 Å². The zero-order valence-electron chi connectivity index (χ0n) is 12.8. The van der Waals surface area contributed by atoms with Gasteiger partial charge in [-0.15, -0.1) is 0 Å². The molecule has 0 fully saturated rings. The van der Waals surface area contributed by atoms with E-state index in [1.807, 2.05) is 36.4 Å². The Morgan fingerprint density at radius 1 is 0.909 bits per heavy atom. The van der Waals surface area contributed by atoms with Gasteiger partial charge in [0.05, 0.1) is 6.07 Å². The van der Waals surface area contributed by atoms with Gasteiger partial charge >= 0.3 is 0 Å². The first-order chi connectivity index (χ1) is 10.7. The van der Waals surface area contributed by atoms with Gasteiger partial charge in [0.25, 0.3) is 0 Å². The molecule has 0 radical (unpaired) electrons. The van der Waals surface area contributed by atoms with E-state index in [0.717, 1.165) is 19.4 Å². The highest BCUT2D eigenvalue weighted by molar-refractivity contribution is 5.17. The Labute approximate surface area is 132 Å². The Bertz CT molecular complexity index is 589. The Balaban J connectivity index is 1.74. The van der Waals surface area contributed by atoms with Crippen LogP contribution in [-0.2, 0) is 12.8 Å². The molecule has 0 spiro atoms. The lowest BCUT2D eigenvalue weighted by atomic mass is 9.93. The molecule has 3 N–H and O–H groups in total. The zero-order chi connectivity index (χ0) is 15.7. The van der Waals surface area contributed by atoms with Crippen molar-refractivity contribution < 1.29 is 0 Å². The molecule has 0 aliphatic rings. The van der Waals surface area contributed by atoms with E-state index >= 15 is 0 Å². The van der Waals surface area contributed by atoms with Gasteiger partial charge in [0.2, 0.25) is 0 Å². The summed E-state index contributed by atoms with van der Waals surface area (Å²) < 4.78 is 0. The maximum absolute atomic E-state index is 9.36. The fourth-order valence-corrected chi connectivity index (χ4v) is 2.38. The van der Waals surface area contributed by atoms with Crippen LogP contribution in [0.2, 0.25) is 0 Å². The molecule has 114 valence electrons. The number of nitrogens with two attached hydrogens (primary N) is 1.